The Kier molecular flexibility index (Phi) is 5.48. The molecule has 2 N–H and O–H groups in total. The minimum absolute atomic E-state index is 0.193. The van der Waals surface area contributed by atoms with Crippen LogP contribution < -0.4 is 10.6 Å². The molecule has 0 fully saturated rings. The topological polar surface area (TPSA) is 76.4 Å². The van der Waals surface area contributed by atoms with E-state index in [1.54, 1.807) is 7.11 Å². The third kappa shape index (κ3) is 4.44. The van der Waals surface area contributed by atoms with Gasteiger partial charge >= 0.3 is 6.03 Å². The third-order valence-corrected chi connectivity index (χ3v) is 2.42. The van der Waals surface area contributed by atoms with Gasteiger partial charge < -0.3 is 19.9 Å². The number of carbonyl (C=O) groups is 1. The molecule has 0 aliphatic carbocycles. The Bertz CT molecular complexity index is 343. The fourth-order valence-electron chi connectivity index (χ4n) is 1.40. The molecule has 1 aromatic heterocycles. The number of hydrogen-bond donors (Lipinski definition) is 2. The molecule has 96 valence electrons. The molecule has 0 bridgehead atoms. The maximum Gasteiger partial charge on any atom is 0.315 e. The highest BCUT2D eigenvalue weighted by Gasteiger charge is 2.09. The van der Waals surface area contributed by atoms with Crippen molar-refractivity contribution in [3.05, 3.63) is 17.0 Å². The monoisotopic (exact) mass is 241 g/mol. The van der Waals surface area contributed by atoms with Crippen molar-refractivity contribution in [2.45, 2.75) is 26.8 Å². The van der Waals surface area contributed by atoms with Crippen molar-refractivity contribution in [2.24, 2.45) is 0 Å². The molecule has 0 aliphatic heterocycles. The molecule has 1 rings (SSSR count). The van der Waals surface area contributed by atoms with Gasteiger partial charge in [-0.3, -0.25) is 0 Å². The van der Waals surface area contributed by atoms with E-state index in [4.69, 9.17) is 9.26 Å². The van der Waals surface area contributed by atoms with Crippen molar-refractivity contribution in [3.8, 4) is 0 Å². The lowest BCUT2D eigenvalue weighted by molar-refractivity contribution is 0.193. The number of nitrogens with one attached hydrogen (secondary N) is 2. The molecular formula is C11H19N3O3. The van der Waals surface area contributed by atoms with Gasteiger partial charge in [0.05, 0.1) is 5.69 Å². The summed E-state index contributed by atoms with van der Waals surface area (Å²) >= 11 is 0. The first-order valence-corrected chi connectivity index (χ1v) is 5.57. The molecule has 2 amide bonds. The predicted octanol–water partition coefficient (Wildman–Crippen LogP) is 1.13. The van der Waals surface area contributed by atoms with Crippen molar-refractivity contribution in [3.63, 3.8) is 0 Å². The smallest absolute Gasteiger partial charge is 0.315 e. The first kappa shape index (κ1) is 13.5. The Morgan fingerprint density at radius 3 is 2.76 bits per heavy atom. The van der Waals surface area contributed by atoms with Gasteiger partial charge in [0.2, 0.25) is 0 Å². The quantitative estimate of drug-likeness (QED) is 0.732. The highest BCUT2D eigenvalue weighted by atomic mass is 16.5. The van der Waals surface area contributed by atoms with Crippen LogP contribution in [0, 0.1) is 13.8 Å². The third-order valence-electron chi connectivity index (χ3n) is 2.42. The average Bonchev–Trinajstić information content (AvgIpc) is 2.62. The van der Waals surface area contributed by atoms with E-state index < -0.39 is 0 Å². The fraction of sp³-hybridized carbons (Fsp3) is 0.636. The highest BCUT2D eigenvalue weighted by molar-refractivity contribution is 5.73. The van der Waals surface area contributed by atoms with Crippen molar-refractivity contribution < 1.29 is 14.1 Å². The van der Waals surface area contributed by atoms with Crippen LogP contribution in [0.15, 0.2) is 4.52 Å². The summed E-state index contributed by atoms with van der Waals surface area (Å²) in [6.07, 6.45) is 0.801. The van der Waals surface area contributed by atoms with Gasteiger partial charge in [-0.1, -0.05) is 5.16 Å². The van der Waals surface area contributed by atoms with E-state index in [1.807, 2.05) is 13.8 Å². The van der Waals surface area contributed by atoms with E-state index in [0.717, 1.165) is 23.4 Å². The summed E-state index contributed by atoms with van der Waals surface area (Å²) in [4.78, 5) is 11.4. The van der Waals surface area contributed by atoms with Crippen molar-refractivity contribution in [2.75, 3.05) is 20.3 Å². The molecule has 0 spiro atoms. The van der Waals surface area contributed by atoms with Gasteiger partial charge in [0.25, 0.3) is 0 Å². The summed E-state index contributed by atoms with van der Waals surface area (Å²) in [6, 6.07) is -0.193. The summed E-state index contributed by atoms with van der Waals surface area (Å²) < 4.78 is 9.88. The van der Waals surface area contributed by atoms with Gasteiger partial charge in [0, 0.05) is 32.4 Å². The van der Waals surface area contributed by atoms with Gasteiger partial charge in [0.1, 0.15) is 5.76 Å². The summed E-state index contributed by atoms with van der Waals surface area (Å²) in [5.74, 6) is 0.738. The SMILES string of the molecule is COCCCNC(=O)NCc1c(C)noc1C. The van der Waals surface area contributed by atoms with E-state index >= 15 is 0 Å². The number of urea groups is 1. The lowest BCUT2D eigenvalue weighted by Gasteiger charge is -2.06. The van der Waals surface area contributed by atoms with Crippen LogP contribution in [-0.2, 0) is 11.3 Å². The van der Waals surface area contributed by atoms with Crippen molar-refractivity contribution in [1.29, 1.82) is 0 Å². The molecule has 6 nitrogen and oxygen atoms in total. The minimum Gasteiger partial charge on any atom is -0.385 e. The van der Waals surface area contributed by atoms with Gasteiger partial charge in [-0.15, -0.1) is 0 Å². The zero-order chi connectivity index (χ0) is 12.7. The Morgan fingerprint density at radius 2 is 2.18 bits per heavy atom. The lowest BCUT2D eigenvalue weighted by atomic mass is 10.2. The number of nitrogens with zero attached hydrogens (tertiary/aromatic N) is 1. The Morgan fingerprint density at radius 1 is 1.41 bits per heavy atom. The maximum atomic E-state index is 11.4. The number of aromatic nitrogens is 1. The molecule has 0 saturated carbocycles. The van der Waals surface area contributed by atoms with Crippen LogP contribution in [0.3, 0.4) is 0 Å². The van der Waals surface area contributed by atoms with Crippen LogP contribution in [0.1, 0.15) is 23.4 Å². The Labute approximate surface area is 101 Å². The van der Waals surface area contributed by atoms with Crippen molar-refractivity contribution >= 4 is 6.03 Å². The van der Waals surface area contributed by atoms with Crippen LogP contribution in [0.5, 0.6) is 0 Å². The largest absolute Gasteiger partial charge is 0.385 e. The molecule has 0 radical (unpaired) electrons. The molecule has 0 saturated heterocycles. The van der Waals surface area contributed by atoms with Crippen LogP contribution >= 0.6 is 0 Å². The molecule has 0 atom stereocenters. The number of aryl methyl sites for hydroxylation is 2. The molecule has 0 unspecified atom stereocenters. The predicted molar refractivity (Wildman–Crippen MR) is 62.7 cm³/mol. The standard InChI is InChI=1S/C11H19N3O3/c1-8-10(9(2)17-14-8)7-13-11(15)12-5-4-6-16-3/h4-7H2,1-3H3,(H2,12,13,15). The molecule has 1 aromatic rings. The van der Waals surface area contributed by atoms with Gasteiger partial charge in [-0.05, 0) is 20.3 Å². The fourth-order valence-corrected chi connectivity index (χ4v) is 1.40. The van der Waals surface area contributed by atoms with E-state index in [-0.39, 0.29) is 6.03 Å². The molecule has 0 aliphatic rings. The van der Waals surface area contributed by atoms with Crippen LogP contribution in [-0.4, -0.2) is 31.4 Å². The Balaban J connectivity index is 2.24. The number of hydrogen-bond acceptors (Lipinski definition) is 4. The molecular weight excluding hydrogens is 222 g/mol. The second-order valence-electron chi connectivity index (χ2n) is 3.76. The van der Waals surface area contributed by atoms with E-state index in [1.165, 1.54) is 0 Å². The highest BCUT2D eigenvalue weighted by Crippen LogP contribution is 2.11. The molecule has 17 heavy (non-hydrogen) atoms. The van der Waals surface area contributed by atoms with Gasteiger partial charge in [-0.2, -0.15) is 0 Å². The van der Waals surface area contributed by atoms with Crippen molar-refractivity contribution in [1.82, 2.24) is 15.8 Å². The van der Waals surface area contributed by atoms with Crippen LogP contribution in [0.4, 0.5) is 4.79 Å². The first-order valence-electron chi connectivity index (χ1n) is 5.57. The summed E-state index contributed by atoms with van der Waals surface area (Å²) in [6.45, 7) is 5.35. The molecule has 0 aromatic carbocycles. The summed E-state index contributed by atoms with van der Waals surface area (Å²) in [5, 5.41) is 9.31. The first-order chi connectivity index (χ1) is 8.15. The Hall–Kier alpha value is -1.56. The number of carbonyl (C=O) groups excluding carboxylic acids is 1. The number of amides is 2. The lowest BCUT2D eigenvalue weighted by Crippen LogP contribution is -2.36. The maximum absolute atomic E-state index is 11.4. The number of methoxy groups -OCH3 is 1. The number of rotatable bonds is 6. The average molecular weight is 241 g/mol. The van der Waals surface area contributed by atoms with E-state index in [2.05, 4.69) is 15.8 Å². The normalized spacial score (nSPS) is 10.3. The zero-order valence-corrected chi connectivity index (χ0v) is 10.5. The van der Waals surface area contributed by atoms with Gasteiger partial charge in [-0.25, -0.2) is 4.79 Å². The summed E-state index contributed by atoms with van der Waals surface area (Å²) in [5.41, 5.74) is 1.74. The second kappa shape index (κ2) is 6.90. The summed E-state index contributed by atoms with van der Waals surface area (Å²) in [7, 11) is 1.64. The van der Waals surface area contributed by atoms with E-state index in [0.29, 0.717) is 19.7 Å². The zero-order valence-electron chi connectivity index (χ0n) is 10.5. The number of ether oxygens (including phenoxy) is 1. The molecule has 6 heteroatoms. The van der Waals surface area contributed by atoms with Gasteiger partial charge in [0.15, 0.2) is 0 Å². The molecule has 1 heterocycles. The van der Waals surface area contributed by atoms with E-state index in [9.17, 15) is 4.79 Å². The van der Waals surface area contributed by atoms with Crippen LogP contribution in [0.25, 0.3) is 0 Å². The van der Waals surface area contributed by atoms with Crippen LogP contribution in [0.2, 0.25) is 0 Å². The second-order valence-corrected chi connectivity index (χ2v) is 3.76. The minimum atomic E-state index is -0.193.